The fraction of sp³-hybridized carbons (Fsp3) is 0.200. The summed E-state index contributed by atoms with van der Waals surface area (Å²) in [6.45, 7) is 9.60. The number of anilines is 3. The van der Waals surface area contributed by atoms with Crippen molar-refractivity contribution in [2.45, 2.75) is 82.5 Å². The molecule has 1 unspecified atom stereocenters. The van der Waals surface area contributed by atoms with Crippen molar-refractivity contribution >= 4 is 23.1 Å². The van der Waals surface area contributed by atoms with Gasteiger partial charge in [-0.1, -0.05) is 253 Å². The van der Waals surface area contributed by atoms with Gasteiger partial charge in [-0.25, -0.2) is 0 Å². The number of hydrogen-bond donors (Lipinski definition) is 0. The number of allylic oxidation sites excluding steroid dienone is 1. The minimum absolute atomic E-state index is 0.0320. The highest BCUT2D eigenvalue weighted by atomic mass is 15.2. The van der Waals surface area contributed by atoms with Crippen LogP contribution in [0.15, 0.2) is 224 Å². The molecule has 0 heterocycles. The fourth-order valence-corrected chi connectivity index (χ4v) is 13.1. The zero-order chi connectivity index (χ0) is 48.2. The lowest BCUT2D eigenvalue weighted by Crippen LogP contribution is -2.35. The van der Waals surface area contributed by atoms with Crippen LogP contribution in [-0.4, -0.2) is 0 Å². The Bertz CT molecular complexity index is 3380. The zero-order valence-corrected chi connectivity index (χ0v) is 41.7. The second-order valence-electron chi connectivity index (χ2n) is 21.6. The summed E-state index contributed by atoms with van der Waals surface area (Å²) in [5.74, 6) is 0.642. The Hall–Kier alpha value is -7.48. The summed E-state index contributed by atoms with van der Waals surface area (Å²) in [6, 6.07) is 82.5. The Balaban J connectivity index is 1.14. The first-order chi connectivity index (χ1) is 34.7. The zero-order valence-electron chi connectivity index (χ0n) is 41.7. The third kappa shape index (κ3) is 7.52. The van der Waals surface area contributed by atoms with Gasteiger partial charge in [0.15, 0.2) is 0 Å². The van der Waals surface area contributed by atoms with Gasteiger partial charge >= 0.3 is 0 Å². The van der Waals surface area contributed by atoms with Crippen molar-refractivity contribution in [3.8, 4) is 44.5 Å². The summed E-state index contributed by atoms with van der Waals surface area (Å²) in [7, 11) is 0. The SMILES string of the molecule is CC(C)(C)c1ccc(-c2ccccc2)c(N(c2ccccc2-c2ccc3c(c2)C(c2ccccc2)(c2ccccc2)c2ccccc2-3)c2ccccc2-c2cccc3c2C(C)(C2CCCCC2)CC=C3)c1. The molecular weight excluding hydrogens is 855 g/mol. The second-order valence-corrected chi connectivity index (χ2v) is 21.6. The van der Waals surface area contributed by atoms with Gasteiger partial charge in [-0.15, -0.1) is 0 Å². The monoisotopic (exact) mass is 917 g/mol. The molecule has 0 bridgehead atoms. The standard InChI is InChI=1S/C70H63N/c1-68(2,3)55-43-45-57(49-25-9-5-10-26-49)66(48-55)71(65-41-22-19-37-60(65)61-38-23-27-50-28-24-46-69(4,67(50)61)52-29-11-6-12-30-52)64-40-21-18-35-56(64)51-42-44-59-58-36-17-20-39-62(58)70(63(59)47-51,53-31-13-7-14-32-53)54-33-15-8-16-34-54/h5,7-10,13-28,31-45,47-48,52H,6,11-12,29-30,46H2,1-4H3. The Labute approximate surface area is 422 Å². The molecule has 0 spiro atoms. The highest BCUT2D eigenvalue weighted by molar-refractivity contribution is 5.99. The molecule has 3 aliphatic rings. The normalized spacial score (nSPS) is 17.0. The predicted molar refractivity (Wildman–Crippen MR) is 301 cm³/mol. The second kappa shape index (κ2) is 18.0. The van der Waals surface area contributed by atoms with Crippen molar-refractivity contribution in [1.82, 2.24) is 0 Å². The van der Waals surface area contributed by atoms with Crippen LogP contribution in [0.5, 0.6) is 0 Å². The minimum Gasteiger partial charge on any atom is -0.309 e. The molecule has 0 N–H and O–H groups in total. The molecule has 3 aliphatic carbocycles. The van der Waals surface area contributed by atoms with Crippen LogP contribution in [0, 0.1) is 5.92 Å². The molecule has 1 atom stereocenters. The highest BCUT2D eigenvalue weighted by Crippen LogP contribution is 2.58. The average molecular weight is 918 g/mol. The van der Waals surface area contributed by atoms with Crippen molar-refractivity contribution < 1.29 is 0 Å². The van der Waals surface area contributed by atoms with Crippen LogP contribution in [0.4, 0.5) is 17.1 Å². The van der Waals surface area contributed by atoms with Crippen molar-refractivity contribution in [3.63, 3.8) is 0 Å². The molecule has 9 aromatic rings. The Morgan fingerprint density at radius 1 is 0.437 bits per heavy atom. The first kappa shape index (κ1) is 44.7. The topological polar surface area (TPSA) is 3.24 Å². The molecule has 0 aromatic heterocycles. The third-order valence-corrected chi connectivity index (χ3v) is 16.6. The number of fused-ring (bicyclic) bond motifs is 4. The van der Waals surface area contributed by atoms with E-state index in [9.17, 15) is 0 Å². The average Bonchev–Trinajstić information content (AvgIpc) is 3.72. The van der Waals surface area contributed by atoms with E-state index in [0.29, 0.717) is 5.92 Å². The Morgan fingerprint density at radius 2 is 0.986 bits per heavy atom. The van der Waals surface area contributed by atoms with E-state index in [2.05, 4.69) is 263 Å². The quantitative estimate of drug-likeness (QED) is 0.139. The van der Waals surface area contributed by atoms with Crippen molar-refractivity contribution in [2.24, 2.45) is 5.92 Å². The van der Waals surface area contributed by atoms with Crippen LogP contribution in [-0.2, 0) is 16.2 Å². The van der Waals surface area contributed by atoms with Crippen molar-refractivity contribution in [1.29, 1.82) is 0 Å². The largest absolute Gasteiger partial charge is 0.309 e. The van der Waals surface area contributed by atoms with Gasteiger partial charge in [0, 0.05) is 16.7 Å². The van der Waals surface area contributed by atoms with E-state index in [1.54, 1.807) is 0 Å². The van der Waals surface area contributed by atoms with Gasteiger partial charge in [0.25, 0.3) is 0 Å². The smallest absolute Gasteiger partial charge is 0.0713 e. The third-order valence-electron chi connectivity index (χ3n) is 16.6. The molecule has 0 saturated heterocycles. The minimum atomic E-state index is -0.515. The van der Waals surface area contributed by atoms with Crippen LogP contribution in [0.1, 0.15) is 105 Å². The van der Waals surface area contributed by atoms with Gasteiger partial charge in [-0.05, 0) is 127 Å². The van der Waals surface area contributed by atoms with E-state index in [4.69, 9.17) is 0 Å². The lowest BCUT2D eigenvalue weighted by Gasteiger charge is -2.44. The molecular formula is C70H63N. The summed E-state index contributed by atoms with van der Waals surface area (Å²) in [5, 5.41) is 0. The molecule has 1 fully saturated rings. The molecule has 12 rings (SSSR count). The lowest BCUT2D eigenvalue weighted by molar-refractivity contribution is 0.219. The van der Waals surface area contributed by atoms with Crippen LogP contribution in [0.3, 0.4) is 0 Å². The molecule has 1 nitrogen and oxygen atoms in total. The highest BCUT2D eigenvalue weighted by Gasteiger charge is 2.46. The molecule has 0 amide bonds. The Kier molecular flexibility index (Phi) is 11.4. The van der Waals surface area contributed by atoms with E-state index in [1.165, 1.54) is 127 Å². The van der Waals surface area contributed by atoms with Gasteiger partial charge < -0.3 is 4.90 Å². The van der Waals surface area contributed by atoms with E-state index in [-0.39, 0.29) is 10.8 Å². The lowest BCUT2D eigenvalue weighted by atomic mass is 9.60. The summed E-state index contributed by atoms with van der Waals surface area (Å²) in [4.78, 5) is 2.63. The summed E-state index contributed by atoms with van der Waals surface area (Å²) >= 11 is 0. The maximum Gasteiger partial charge on any atom is 0.0713 e. The van der Waals surface area contributed by atoms with Gasteiger partial charge in [0.05, 0.1) is 22.5 Å². The van der Waals surface area contributed by atoms with Crippen LogP contribution < -0.4 is 4.90 Å². The molecule has 0 radical (unpaired) electrons. The predicted octanol–water partition coefficient (Wildman–Crippen LogP) is 19.1. The molecule has 1 saturated carbocycles. The molecule has 1 heteroatoms. The van der Waals surface area contributed by atoms with Crippen LogP contribution in [0.25, 0.3) is 50.6 Å². The van der Waals surface area contributed by atoms with E-state index < -0.39 is 5.41 Å². The molecule has 348 valence electrons. The summed E-state index contributed by atoms with van der Waals surface area (Å²) < 4.78 is 0. The van der Waals surface area contributed by atoms with Gasteiger partial charge in [0.2, 0.25) is 0 Å². The van der Waals surface area contributed by atoms with Crippen molar-refractivity contribution in [3.05, 3.63) is 263 Å². The molecule has 0 aliphatic heterocycles. The maximum atomic E-state index is 2.63. The Morgan fingerprint density at radius 3 is 1.68 bits per heavy atom. The fourth-order valence-electron chi connectivity index (χ4n) is 13.1. The van der Waals surface area contributed by atoms with Crippen LogP contribution in [0.2, 0.25) is 0 Å². The first-order valence-electron chi connectivity index (χ1n) is 26.1. The van der Waals surface area contributed by atoms with E-state index in [0.717, 1.165) is 12.1 Å². The number of para-hydroxylation sites is 2. The van der Waals surface area contributed by atoms with Gasteiger partial charge in [0.1, 0.15) is 0 Å². The number of hydrogen-bond acceptors (Lipinski definition) is 1. The summed E-state index contributed by atoms with van der Waals surface area (Å²) in [6.07, 6.45) is 12.5. The van der Waals surface area contributed by atoms with E-state index in [1.807, 2.05) is 0 Å². The maximum absolute atomic E-state index is 2.63. The number of nitrogens with zero attached hydrogens (tertiary/aromatic N) is 1. The van der Waals surface area contributed by atoms with Crippen LogP contribution >= 0.6 is 0 Å². The number of benzene rings is 9. The van der Waals surface area contributed by atoms with Gasteiger partial charge in [-0.2, -0.15) is 0 Å². The first-order valence-corrected chi connectivity index (χ1v) is 26.1. The molecule has 71 heavy (non-hydrogen) atoms. The van der Waals surface area contributed by atoms with E-state index >= 15 is 0 Å². The summed E-state index contributed by atoms with van der Waals surface area (Å²) in [5.41, 5.74) is 22.2. The van der Waals surface area contributed by atoms with Gasteiger partial charge in [-0.3, -0.25) is 0 Å². The molecule has 9 aromatic carbocycles. The number of rotatable bonds is 9. The van der Waals surface area contributed by atoms with Crippen molar-refractivity contribution in [2.75, 3.05) is 4.90 Å².